The zero-order chi connectivity index (χ0) is 18.6. The van der Waals surface area contributed by atoms with Gasteiger partial charge in [-0.25, -0.2) is 4.98 Å². The minimum Gasteiger partial charge on any atom is -0.351 e. The summed E-state index contributed by atoms with van der Waals surface area (Å²) in [7, 11) is 0. The standard InChI is InChI=1S/C22H24N4O/c1-16-7-9-18(10-8-16)13-26-14-20-19(24-15-25-20)11-21(26)22(27)23-12-17-5-3-2-4-6-17/h2-10,15,21H,11-14H2,1H3,(H,23,27)(H,24,25)/t21-/m0/s1. The summed E-state index contributed by atoms with van der Waals surface area (Å²) in [5, 5.41) is 3.10. The first-order chi connectivity index (χ1) is 13.2. The number of aromatic nitrogens is 2. The van der Waals surface area contributed by atoms with E-state index in [1.54, 1.807) is 6.33 Å². The van der Waals surface area contributed by atoms with E-state index in [0.717, 1.165) is 23.5 Å². The SMILES string of the molecule is Cc1ccc(CN2Cc3[nH]cnc3C[C@H]2C(=O)NCc2ccccc2)cc1. The summed E-state index contributed by atoms with van der Waals surface area (Å²) in [6.45, 7) is 4.07. The van der Waals surface area contributed by atoms with E-state index in [4.69, 9.17) is 0 Å². The molecule has 1 aromatic heterocycles. The summed E-state index contributed by atoms with van der Waals surface area (Å²) >= 11 is 0. The molecule has 5 nitrogen and oxygen atoms in total. The molecule has 5 heteroatoms. The van der Waals surface area contributed by atoms with Gasteiger partial charge in [-0.15, -0.1) is 0 Å². The molecule has 2 aromatic carbocycles. The topological polar surface area (TPSA) is 61.0 Å². The Morgan fingerprint density at radius 2 is 1.93 bits per heavy atom. The van der Waals surface area contributed by atoms with Gasteiger partial charge in [-0.05, 0) is 18.1 Å². The number of carbonyl (C=O) groups excluding carboxylic acids is 1. The zero-order valence-corrected chi connectivity index (χ0v) is 15.5. The molecule has 0 fully saturated rings. The van der Waals surface area contributed by atoms with Gasteiger partial charge in [-0.1, -0.05) is 60.2 Å². The molecule has 0 bridgehead atoms. The predicted molar refractivity (Wildman–Crippen MR) is 105 cm³/mol. The number of aromatic amines is 1. The molecule has 1 amide bonds. The number of hydrogen-bond donors (Lipinski definition) is 2. The lowest BCUT2D eigenvalue weighted by molar-refractivity contribution is -0.127. The van der Waals surface area contributed by atoms with Gasteiger partial charge in [0.25, 0.3) is 0 Å². The minimum absolute atomic E-state index is 0.0552. The molecule has 0 aliphatic carbocycles. The van der Waals surface area contributed by atoms with Crippen LogP contribution < -0.4 is 5.32 Å². The minimum atomic E-state index is -0.217. The molecule has 1 aliphatic rings. The summed E-state index contributed by atoms with van der Waals surface area (Å²) in [6.07, 6.45) is 2.35. The number of fused-ring (bicyclic) bond motifs is 1. The predicted octanol–water partition coefficient (Wildman–Crippen LogP) is 2.96. The summed E-state index contributed by atoms with van der Waals surface area (Å²) in [4.78, 5) is 22.8. The van der Waals surface area contributed by atoms with Crippen molar-refractivity contribution in [2.24, 2.45) is 0 Å². The number of carbonyl (C=O) groups is 1. The van der Waals surface area contributed by atoms with Crippen LogP contribution in [0.4, 0.5) is 0 Å². The molecule has 0 unspecified atom stereocenters. The molecular formula is C22H24N4O. The van der Waals surface area contributed by atoms with Crippen molar-refractivity contribution in [2.75, 3.05) is 0 Å². The number of nitrogens with zero attached hydrogens (tertiary/aromatic N) is 2. The Morgan fingerprint density at radius 3 is 2.70 bits per heavy atom. The van der Waals surface area contributed by atoms with Crippen LogP contribution in [0.3, 0.4) is 0 Å². The van der Waals surface area contributed by atoms with Crippen molar-refractivity contribution in [1.29, 1.82) is 0 Å². The number of rotatable bonds is 5. The monoisotopic (exact) mass is 360 g/mol. The number of H-pyrrole nitrogens is 1. The average molecular weight is 360 g/mol. The highest BCUT2D eigenvalue weighted by Gasteiger charge is 2.32. The second kappa shape index (κ2) is 7.76. The van der Waals surface area contributed by atoms with Crippen molar-refractivity contribution in [3.8, 4) is 0 Å². The molecule has 27 heavy (non-hydrogen) atoms. The number of nitrogens with one attached hydrogen (secondary N) is 2. The van der Waals surface area contributed by atoms with Crippen LogP contribution in [0.2, 0.25) is 0 Å². The fraction of sp³-hybridized carbons (Fsp3) is 0.273. The molecule has 0 saturated heterocycles. The van der Waals surface area contributed by atoms with Crippen molar-refractivity contribution < 1.29 is 4.79 Å². The maximum absolute atomic E-state index is 13.0. The Bertz CT molecular complexity index is 902. The first kappa shape index (κ1) is 17.5. The van der Waals surface area contributed by atoms with Crippen LogP contribution in [0.5, 0.6) is 0 Å². The van der Waals surface area contributed by atoms with Gasteiger partial charge in [0.1, 0.15) is 0 Å². The zero-order valence-electron chi connectivity index (χ0n) is 15.5. The average Bonchev–Trinajstić information content (AvgIpc) is 3.15. The van der Waals surface area contributed by atoms with Crippen LogP contribution in [0.25, 0.3) is 0 Å². The van der Waals surface area contributed by atoms with Crippen molar-refractivity contribution in [1.82, 2.24) is 20.2 Å². The Balaban J connectivity index is 1.50. The van der Waals surface area contributed by atoms with E-state index in [9.17, 15) is 4.79 Å². The Kier molecular flexibility index (Phi) is 5.03. The number of imidazole rings is 1. The fourth-order valence-corrected chi connectivity index (χ4v) is 3.54. The van der Waals surface area contributed by atoms with Gasteiger partial charge in [0, 0.05) is 26.1 Å². The van der Waals surface area contributed by atoms with Crippen molar-refractivity contribution in [2.45, 2.75) is 39.0 Å². The molecule has 2 N–H and O–H groups in total. The molecule has 1 atom stereocenters. The molecule has 0 radical (unpaired) electrons. The van der Waals surface area contributed by atoms with Crippen molar-refractivity contribution in [3.05, 3.63) is 89.0 Å². The van der Waals surface area contributed by atoms with Gasteiger partial charge in [0.2, 0.25) is 5.91 Å². The van der Waals surface area contributed by atoms with Gasteiger partial charge in [-0.3, -0.25) is 9.69 Å². The number of hydrogen-bond acceptors (Lipinski definition) is 3. The second-order valence-corrected chi connectivity index (χ2v) is 7.14. The van der Waals surface area contributed by atoms with E-state index in [1.165, 1.54) is 11.1 Å². The largest absolute Gasteiger partial charge is 0.351 e. The quantitative estimate of drug-likeness (QED) is 0.735. The van der Waals surface area contributed by atoms with Gasteiger partial charge >= 0.3 is 0 Å². The van der Waals surface area contributed by atoms with Crippen LogP contribution in [0.15, 0.2) is 60.9 Å². The van der Waals surface area contributed by atoms with E-state index < -0.39 is 0 Å². The highest BCUT2D eigenvalue weighted by Crippen LogP contribution is 2.23. The second-order valence-electron chi connectivity index (χ2n) is 7.14. The Morgan fingerprint density at radius 1 is 1.15 bits per heavy atom. The van der Waals surface area contributed by atoms with E-state index in [0.29, 0.717) is 19.5 Å². The van der Waals surface area contributed by atoms with Crippen LogP contribution in [0, 0.1) is 6.92 Å². The lowest BCUT2D eigenvalue weighted by atomic mass is 10.0. The molecule has 138 valence electrons. The molecule has 2 heterocycles. The smallest absolute Gasteiger partial charge is 0.238 e. The molecule has 0 saturated carbocycles. The van der Waals surface area contributed by atoms with Crippen LogP contribution >= 0.6 is 0 Å². The van der Waals surface area contributed by atoms with E-state index in [2.05, 4.69) is 51.4 Å². The first-order valence-corrected chi connectivity index (χ1v) is 9.31. The van der Waals surface area contributed by atoms with Gasteiger partial charge < -0.3 is 10.3 Å². The third-order valence-electron chi connectivity index (χ3n) is 5.11. The third-order valence-corrected chi connectivity index (χ3v) is 5.11. The van der Waals surface area contributed by atoms with Gasteiger partial charge in [0.05, 0.1) is 23.8 Å². The van der Waals surface area contributed by atoms with E-state index >= 15 is 0 Å². The van der Waals surface area contributed by atoms with Crippen LogP contribution in [0.1, 0.15) is 28.1 Å². The third kappa shape index (κ3) is 4.09. The number of aryl methyl sites for hydroxylation is 1. The van der Waals surface area contributed by atoms with Crippen molar-refractivity contribution in [3.63, 3.8) is 0 Å². The lowest BCUT2D eigenvalue weighted by Gasteiger charge is -2.34. The molecule has 1 aliphatic heterocycles. The maximum Gasteiger partial charge on any atom is 0.238 e. The summed E-state index contributed by atoms with van der Waals surface area (Å²) in [5.41, 5.74) is 5.66. The van der Waals surface area contributed by atoms with E-state index in [1.807, 2.05) is 30.3 Å². The Labute approximate surface area is 159 Å². The number of amides is 1. The van der Waals surface area contributed by atoms with E-state index in [-0.39, 0.29) is 11.9 Å². The summed E-state index contributed by atoms with van der Waals surface area (Å²) in [6, 6.07) is 18.3. The summed E-state index contributed by atoms with van der Waals surface area (Å²) < 4.78 is 0. The summed E-state index contributed by atoms with van der Waals surface area (Å²) in [5.74, 6) is 0.0552. The highest BCUT2D eigenvalue weighted by molar-refractivity contribution is 5.82. The first-order valence-electron chi connectivity index (χ1n) is 9.31. The van der Waals surface area contributed by atoms with Crippen molar-refractivity contribution >= 4 is 5.91 Å². The normalized spacial score (nSPS) is 16.7. The van der Waals surface area contributed by atoms with Gasteiger partial charge in [-0.2, -0.15) is 0 Å². The van der Waals surface area contributed by atoms with Crippen LogP contribution in [-0.4, -0.2) is 26.8 Å². The molecule has 3 aromatic rings. The Hall–Kier alpha value is -2.92. The molecule has 0 spiro atoms. The number of benzene rings is 2. The molecule has 4 rings (SSSR count). The molecular weight excluding hydrogens is 336 g/mol. The van der Waals surface area contributed by atoms with Crippen LogP contribution in [-0.2, 0) is 30.8 Å². The highest BCUT2D eigenvalue weighted by atomic mass is 16.2. The maximum atomic E-state index is 13.0. The lowest BCUT2D eigenvalue weighted by Crippen LogP contribution is -2.49. The fourth-order valence-electron chi connectivity index (χ4n) is 3.54. The van der Waals surface area contributed by atoms with Gasteiger partial charge in [0.15, 0.2) is 0 Å².